The Bertz CT molecular complexity index is 454. The summed E-state index contributed by atoms with van der Waals surface area (Å²) in [7, 11) is 0. The molecule has 1 aliphatic heterocycles. The first kappa shape index (κ1) is 13.2. The zero-order chi connectivity index (χ0) is 13.3. The second-order valence-electron chi connectivity index (χ2n) is 4.71. The van der Waals surface area contributed by atoms with Crippen LogP contribution in [0.3, 0.4) is 0 Å². The second-order valence-corrected chi connectivity index (χ2v) is 5.11. The van der Waals surface area contributed by atoms with Gasteiger partial charge in [-0.25, -0.2) is 0 Å². The molecule has 5 heteroatoms. The fourth-order valence-corrected chi connectivity index (χ4v) is 2.49. The number of benzene rings is 1. The molecule has 98 valence electrons. The molecule has 2 rings (SSSR count). The van der Waals surface area contributed by atoms with Gasteiger partial charge in [-0.15, -0.1) is 0 Å². The standard InChI is InChI=1S/C13H17ClN2O2/c1-8-6-16(7-9(2)18-8)13(17)11-4-3-10(15)5-12(11)14/h3-5,8-9H,6-7,15H2,1-2H3. The molecule has 0 saturated carbocycles. The van der Waals surface area contributed by atoms with Crippen molar-refractivity contribution < 1.29 is 9.53 Å². The number of carbonyl (C=O) groups excluding carboxylic acids is 1. The quantitative estimate of drug-likeness (QED) is 0.794. The third-order valence-corrected chi connectivity index (χ3v) is 3.24. The van der Waals surface area contributed by atoms with Gasteiger partial charge in [-0.3, -0.25) is 4.79 Å². The molecule has 2 atom stereocenters. The van der Waals surface area contributed by atoms with E-state index in [0.29, 0.717) is 29.4 Å². The zero-order valence-corrected chi connectivity index (χ0v) is 11.3. The lowest BCUT2D eigenvalue weighted by Crippen LogP contribution is -2.48. The molecule has 1 aliphatic rings. The van der Waals surface area contributed by atoms with Gasteiger partial charge in [-0.2, -0.15) is 0 Å². The molecule has 18 heavy (non-hydrogen) atoms. The number of ether oxygens (including phenoxy) is 1. The minimum atomic E-state index is -0.0676. The Balaban J connectivity index is 2.20. The Morgan fingerprint density at radius 2 is 2.00 bits per heavy atom. The van der Waals surface area contributed by atoms with Crippen molar-refractivity contribution in [2.75, 3.05) is 18.8 Å². The molecule has 2 N–H and O–H groups in total. The van der Waals surface area contributed by atoms with Crippen molar-refractivity contribution in [1.29, 1.82) is 0 Å². The maximum absolute atomic E-state index is 12.4. The van der Waals surface area contributed by atoms with Crippen molar-refractivity contribution in [3.8, 4) is 0 Å². The van der Waals surface area contributed by atoms with Gasteiger partial charge in [-0.05, 0) is 32.0 Å². The van der Waals surface area contributed by atoms with E-state index >= 15 is 0 Å². The number of amides is 1. The van der Waals surface area contributed by atoms with Gasteiger partial charge >= 0.3 is 0 Å². The fraction of sp³-hybridized carbons (Fsp3) is 0.462. The topological polar surface area (TPSA) is 55.6 Å². The maximum atomic E-state index is 12.4. The fourth-order valence-electron chi connectivity index (χ4n) is 2.22. The van der Waals surface area contributed by atoms with Gasteiger partial charge in [0.2, 0.25) is 0 Å². The minimum Gasteiger partial charge on any atom is -0.399 e. The smallest absolute Gasteiger partial charge is 0.255 e. The van der Waals surface area contributed by atoms with Crippen LogP contribution in [-0.2, 0) is 4.74 Å². The second kappa shape index (κ2) is 5.16. The van der Waals surface area contributed by atoms with Crippen LogP contribution >= 0.6 is 11.6 Å². The van der Waals surface area contributed by atoms with E-state index in [-0.39, 0.29) is 18.1 Å². The van der Waals surface area contributed by atoms with Crippen LogP contribution < -0.4 is 5.73 Å². The molecule has 0 aliphatic carbocycles. The van der Waals surface area contributed by atoms with Crippen LogP contribution in [0.25, 0.3) is 0 Å². The van der Waals surface area contributed by atoms with Gasteiger partial charge in [-0.1, -0.05) is 11.6 Å². The Labute approximate surface area is 112 Å². The molecule has 1 fully saturated rings. The van der Waals surface area contributed by atoms with E-state index in [1.165, 1.54) is 0 Å². The number of rotatable bonds is 1. The summed E-state index contributed by atoms with van der Waals surface area (Å²) in [5, 5.41) is 0.395. The summed E-state index contributed by atoms with van der Waals surface area (Å²) >= 11 is 6.06. The molecule has 1 saturated heterocycles. The first-order valence-electron chi connectivity index (χ1n) is 5.97. The summed E-state index contributed by atoms with van der Waals surface area (Å²) in [5.41, 5.74) is 6.67. The first-order valence-corrected chi connectivity index (χ1v) is 6.35. The predicted molar refractivity (Wildman–Crippen MR) is 71.8 cm³/mol. The Hall–Kier alpha value is -1.26. The number of nitrogens with two attached hydrogens (primary N) is 1. The monoisotopic (exact) mass is 268 g/mol. The Morgan fingerprint density at radius 1 is 1.39 bits per heavy atom. The van der Waals surface area contributed by atoms with E-state index in [2.05, 4.69) is 0 Å². The maximum Gasteiger partial charge on any atom is 0.255 e. The molecule has 0 bridgehead atoms. The number of anilines is 1. The van der Waals surface area contributed by atoms with Crippen molar-refractivity contribution in [1.82, 2.24) is 4.90 Å². The molecule has 0 aromatic heterocycles. The third-order valence-electron chi connectivity index (χ3n) is 2.93. The first-order chi connectivity index (χ1) is 8.47. The number of hydrogen-bond acceptors (Lipinski definition) is 3. The molecular formula is C13H17ClN2O2. The normalized spacial score (nSPS) is 24.1. The van der Waals surface area contributed by atoms with Crippen molar-refractivity contribution in [3.05, 3.63) is 28.8 Å². The van der Waals surface area contributed by atoms with Crippen molar-refractivity contribution in [2.24, 2.45) is 0 Å². The lowest BCUT2D eigenvalue weighted by molar-refractivity contribution is -0.0586. The van der Waals surface area contributed by atoms with E-state index in [1.54, 1.807) is 23.1 Å². The molecule has 1 heterocycles. The van der Waals surface area contributed by atoms with E-state index in [0.717, 1.165) is 0 Å². The highest BCUT2D eigenvalue weighted by Crippen LogP contribution is 2.22. The van der Waals surface area contributed by atoms with E-state index in [1.807, 2.05) is 13.8 Å². The molecule has 4 nitrogen and oxygen atoms in total. The van der Waals surface area contributed by atoms with Crippen LogP contribution in [0.4, 0.5) is 5.69 Å². The number of halogens is 1. The molecular weight excluding hydrogens is 252 g/mol. The Morgan fingerprint density at radius 3 is 2.56 bits per heavy atom. The summed E-state index contributed by atoms with van der Waals surface area (Å²) in [6.07, 6.45) is 0.0931. The van der Waals surface area contributed by atoms with Crippen molar-refractivity contribution in [2.45, 2.75) is 26.1 Å². The lowest BCUT2D eigenvalue weighted by atomic mass is 10.1. The highest BCUT2D eigenvalue weighted by Gasteiger charge is 2.27. The van der Waals surface area contributed by atoms with Gasteiger partial charge in [0.05, 0.1) is 22.8 Å². The van der Waals surface area contributed by atoms with E-state index in [9.17, 15) is 4.79 Å². The van der Waals surface area contributed by atoms with Gasteiger partial charge in [0.1, 0.15) is 0 Å². The molecule has 0 radical (unpaired) electrons. The number of carbonyl (C=O) groups is 1. The number of morpholine rings is 1. The average molecular weight is 269 g/mol. The summed E-state index contributed by atoms with van der Waals surface area (Å²) < 4.78 is 5.60. The van der Waals surface area contributed by atoms with Gasteiger partial charge < -0.3 is 15.4 Å². The summed E-state index contributed by atoms with van der Waals surface area (Å²) in [4.78, 5) is 14.1. The van der Waals surface area contributed by atoms with Gasteiger partial charge in [0.15, 0.2) is 0 Å². The highest BCUT2D eigenvalue weighted by molar-refractivity contribution is 6.34. The van der Waals surface area contributed by atoms with E-state index < -0.39 is 0 Å². The van der Waals surface area contributed by atoms with E-state index in [4.69, 9.17) is 22.1 Å². The summed E-state index contributed by atoms with van der Waals surface area (Å²) in [6.45, 7) is 5.09. The van der Waals surface area contributed by atoms with Crippen molar-refractivity contribution in [3.63, 3.8) is 0 Å². The van der Waals surface area contributed by atoms with Crippen LogP contribution in [0.5, 0.6) is 0 Å². The number of nitrogens with zero attached hydrogens (tertiary/aromatic N) is 1. The average Bonchev–Trinajstić information content (AvgIpc) is 2.26. The van der Waals surface area contributed by atoms with Crippen LogP contribution in [0.2, 0.25) is 5.02 Å². The SMILES string of the molecule is CC1CN(C(=O)c2ccc(N)cc2Cl)CC(C)O1. The number of nitrogen functional groups attached to an aromatic ring is 1. The number of hydrogen-bond donors (Lipinski definition) is 1. The van der Waals surface area contributed by atoms with Crippen LogP contribution in [0, 0.1) is 0 Å². The largest absolute Gasteiger partial charge is 0.399 e. The predicted octanol–water partition coefficient (Wildman–Crippen LogP) is 2.17. The molecule has 1 aromatic carbocycles. The molecule has 1 aromatic rings. The van der Waals surface area contributed by atoms with Crippen LogP contribution in [-0.4, -0.2) is 36.1 Å². The van der Waals surface area contributed by atoms with Crippen LogP contribution in [0.1, 0.15) is 24.2 Å². The molecule has 2 unspecified atom stereocenters. The van der Waals surface area contributed by atoms with Crippen molar-refractivity contribution >= 4 is 23.2 Å². The Kier molecular flexibility index (Phi) is 3.78. The summed E-state index contributed by atoms with van der Waals surface area (Å²) in [6, 6.07) is 4.96. The van der Waals surface area contributed by atoms with Gasteiger partial charge in [0.25, 0.3) is 5.91 Å². The lowest BCUT2D eigenvalue weighted by Gasteiger charge is -2.35. The molecule has 0 spiro atoms. The molecule has 1 amide bonds. The summed E-state index contributed by atoms with van der Waals surface area (Å²) in [5.74, 6) is -0.0676. The van der Waals surface area contributed by atoms with Crippen LogP contribution in [0.15, 0.2) is 18.2 Å². The zero-order valence-electron chi connectivity index (χ0n) is 10.5. The van der Waals surface area contributed by atoms with Gasteiger partial charge in [0, 0.05) is 18.8 Å². The third kappa shape index (κ3) is 2.76. The highest BCUT2D eigenvalue weighted by atomic mass is 35.5. The minimum absolute atomic E-state index is 0.0465.